The van der Waals surface area contributed by atoms with Gasteiger partial charge >= 0.3 is 0 Å². The monoisotopic (exact) mass is 522 g/mol. The van der Waals surface area contributed by atoms with Crippen molar-refractivity contribution in [2.24, 2.45) is 0 Å². The molecule has 2 fully saturated rings. The van der Waals surface area contributed by atoms with Gasteiger partial charge in [0.2, 0.25) is 0 Å². The lowest BCUT2D eigenvalue weighted by molar-refractivity contribution is 0.161. The summed E-state index contributed by atoms with van der Waals surface area (Å²) in [5.41, 5.74) is 6.65. The van der Waals surface area contributed by atoms with Crippen molar-refractivity contribution in [1.82, 2.24) is 20.4 Å². The zero-order valence-electron chi connectivity index (χ0n) is 22.2. The second-order valence-electron chi connectivity index (χ2n) is 11.0. The van der Waals surface area contributed by atoms with Gasteiger partial charge in [-0.1, -0.05) is 12.1 Å². The maximum absolute atomic E-state index is 15.4. The molecule has 0 bridgehead atoms. The van der Waals surface area contributed by atoms with Crippen LogP contribution < -0.4 is 15.0 Å². The average molecular weight is 523 g/mol. The summed E-state index contributed by atoms with van der Waals surface area (Å²) in [5, 5.41) is 21.5. The highest BCUT2D eigenvalue weighted by Gasteiger charge is 2.38. The molecule has 3 aliphatic rings. The lowest BCUT2D eigenvalue weighted by Crippen LogP contribution is -2.57. The first kappa shape index (κ1) is 24.1. The van der Waals surface area contributed by atoms with Gasteiger partial charge in [0, 0.05) is 54.3 Å². The largest absolute Gasteiger partial charge is 0.489 e. The first-order valence-corrected chi connectivity index (χ1v) is 13.7. The van der Waals surface area contributed by atoms with Gasteiger partial charge in [0.25, 0.3) is 0 Å². The van der Waals surface area contributed by atoms with Crippen LogP contribution in [0.15, 0.2) is 42.5 Å². The Labute approximate surface area is 227 Å². The highest BCUT2D eigenvalue weighted by molar-refractivity contribution is 5.98. The molecule has 1 atom stereocenters. The third-order valence-electron chi connectivity index (χ3n) is 8.37. The summed E-state index contributed by atoms with van der Waals surface area (Å²) in [6.07, 6.45) is 2.66. The number of aromatic nitrogens is 2. The van der Waals surface area contributed by atoms with E-state index in [2.05, 4.69) is 49.6 Å². The van der Waals surface area contributed by atoms with Crippen LogP contribution in [0.5, 0.6) is 5.75 Å². The van der Waals surface area contributed by atoms with Gasteiger partial charge in [-0.2, -0.15) is 10.4 Å². The molecule has 7 nitrogen and oxygen atoms in total. The minimum absolute atomic E-state index is 0.334. The standard InChI is InChI=1S/C31H31FN6O/c1-18-9-19(15-34-2)10-26(32)30(18)24-13-25-27(11-21(24)14-33)35-36-31(25)20-3-6-28-29(12-20)39-17-23-16-37(22-4-5-22)7-8-38(23)28/h3,6,9-13,22-23,34H,4-5,7-8,15-17H2,1-2H3,(H,35,36). The number of aryl methyl sites for hydroxylation is 1. The normalized spacial score (nSPS) is 18.9. The SMILES string of the molecule is CNCc1cc(C)c(-c2cc3c(-c4ccc5c(c4)OCC4CN(C6CC6)CCN54)n[nH]c3cc2C#N)c(F)c1. The van der Waals surface area contributed by atoms with Gasteiger partial charge in [-0.15, -0.1) is 0 Å². The first-order chi connectivity index (χ1) is 19.0. The Morgan fingerprint density at radius 3 is 2.79 bits per heavy atom. The molecule has 3 heterocycles. The number of rotatable bonds is 5. The molecular formula is C31H31FN6O. The van der Waals surface area contributed by atoms with E-state index in [1.807, 2.05) is 26.1 Å². The number of fused-ring (bicyclic) bond motifs is 4. The average Bonchev–Trinajstić information content (AvgIpc) is 3.71. The molecule has 4 aromatic rings. The van der Waals surface area contributed by atoms with E-state index in [0.29, 0.717) is 35.9 Å². The highest BCUT2D eigenvalue weighted by Crippen LogP contribution is 2.41. The first-order valence-electron chi connectivity index (χ1n) is 13.7. The number of benzene rings is 3. The van der Waals surface area contributed by atoms with Crippen molar-refractivity contribution in [3.05, 3.63) is 65.0 Å². The van der Waals surface area contributed by atoms with Crippen molar-refractivity contribution in [3.63, 3.8) is 0 Å². The zero-order chi connectivity index (χ0) is 26.7. The van der Waals surface area contributed by atoms with Crippen LogP contribution >= 0.6 is 0 Å². The smallest absolute Gasteiger partial charge is 0.143 e. The molecule has 8 heteroatoms. The summed E-state index contributed by atoms with van der Waals surface area (Å²) < 4.78 is 21.7. The second kappa shape index (κ2) is 9.37. The quantitative estimate of drug-likeness (QED) is 0.385. The zero-order valence-corrected chi connectivity index (χ0v) is 22.2. The lowest BCUT2D eigenvalue weighted by Gasteiger charge is -2.45. The van der Waals surface area contributed by atoms with Gasteiger partial charge in [0.1, 0.15) is 23.9 Å². The van der Waals surface area contributed by atoms with Crippen molar-refractivity contribution in [1.29, 1.82) is 5.26 Å². The molecule has 2 aliphatic heterocycles. The maximum Gasteiger partial charge on any atom is 0.143 e. The molecule has 39 heavy (non-hydrogen) atoms. The maximum atomic E-state index is 15.4. The Morgan fingerprint density at radius 2 is 2.03 bits per heavy atom. The van der Waals surface area contributed by atoms with Gasteiger partial charge in [-0.3, -0.25) is 10.00 Å². The van der Waals surface area contributed by atoms with Gasteiger partial charge in [-0.05, 0) is 68.3 Å². The van der Waals surface area contributed by atoms with Gasteiger partial charge in [-0.25, -0.2) is 4.39 Å². The van der Waals surface area contributed by atoms with E-state index in [9.17, 15) is 5.26 Å². The molecule has 7 rings (SSSR count). The van der Waals surface area contributed by atoms with Crippen molar-refractivity contribution < 1.29 is 9.13 Å². The molecule has 3 aromatic carbocycles. The molecule has 0 spiro atoms. The van der Waals surface area contributed by atoms with E-state index in [0.717, 1.165) is 70.4 Å². The third kappa shape index (κ3) is 4.13. The molecule has 1 aliphatic carbocycles. The predicted molar refractivity (Wildman–Crippen MR) is 150 cm³/mol. The third-order valence-corrected chi connectivity index (χ3v) is 8.37. The number of piperazine rings is 1. The minimum Gasteiger partial charge on any atom is -0.489 e. The summed E-state index contributed by atoms with van der Waals surface area (Å²) in [5.74, 6) is 0.537. The van der Waals surface area contributed by atoms with E-state index in [4.69, 9.17) is 4.74 Å². The molecule has 2 N–H and O–H groups in total. The number of hydrogen-bond donors (Lipinski definition) is 2. The van der Waals surface area contributed by atoms with Crippen LogP contribution in [0.25, 0.3) is 33.3 Å². The summed E-state index contributed by atoms with van der Waals surface area (Å²) in [4.78, 5) is 5.11. The van der Waals surface area contributed by atoms with E-state index < -0.39 is 0 Å². The molecule has 1 saturated carbocycles. The number of H-pyrrole nitrogens is 1. The summed E-state index contributed by atoms with van der Waals surface area (Å²) >= 11 is 0. The number of aromatic amines is 1. The number of halogens is 1. The Balaban J connectivity index is 1.26. The van der Waals surface area contributed by atoms with Crippen molar-refractivity contribution in [2.45, 2.75) is 38.4 Å². The van der Waals surface area contributed by atoms with Crippen LogP contribution in [0.3, 0.4) is 0 Å². The van der Waals surface area contributed by atoms with Crippen LogP contribution in [0, 0.1) is 24.1 Å². The van der Waals surface area contributed by atoms with Gasteiger partial charge in [0.05, 0.1) is 28.9 Å². The van der Waals surface area contributed by atoms with E-state index in [-0.39, 0.29) is 5.82 Å². The topological polar surface area (TPSA) is 80.2 Å². The van der Waals surface area contributed by atoms with E-state index >= 15 is 4.39 Å². The lowest BCUT2D eigenvalue weighted by atomic mass is 9.92. The Morgan fingerprint density at radius 1 is 1.15 bits per heavy atom. The number of hydrogen-bond acceptors (Lipinski definition) is 6. The van der Waals surface area contributed by atoms with Crippen LogP contribution in [0.4, 0.5) is 10.1 Å². The molecule has 0 radical (unpaired) electrons. The number of anilines is 1. The fraction of sp³-hybridized carbons (Fsp3) is 0.355. The number of nitriles is 1. The van der Waals surface area contributed by atoms with Crippen molar-refractivity contribution in [2.75, 3.05) is 38.2 Å². The van der Waals surface area contributed by atoms with E-state index in [1.54, 1.807) is 12.1 Å². The summed E-state index contributed by atoms with van der Waals surface area (Å²) in [6.45, 7) is 6.32. The molecule has 1 saturated heterocycles. The summed E-state index contributed by atoms with van der Waals surface area (Å²) in [7, 11) is 1.84. The Bertz CT molecular complexity index is 1610. The minimum atomic E-state index is -0.334. The number of nitrogens with zero attached hydrogens (tertiary/aromatic N) is 4. The fourth-order valence-electron chi connectivity index (χ4n) is 6.36. The van der Waals surface area contributed by atoms with Crippen LogP contribution in [-0.2, 0) is 6.54 Å². The van der Waals surface area contributed by atoms with Crippen molar-refractivity contribution in [3.8, 4) is 34.2 Å². The van der Waals surface area contributed by atoms with Crippen molar-refractivity contribution >= 4 is 16.6 Å². The molecular weight excluding hydrogens is 491 g/mol. The fourth-order valence-corrected chi connectivity index (χ4v) is 6.36. The number of ether oxygens (including phenoxy) is 1. The van der Waals surface area contributed by atoms with E-state index in [1.165, 1.54) is 12.8 Å². The molecule has 1 unspecified atom stereocenters. The Hall–Kier alpha value is -3.93. The van der Waals surface area contributed by atoms with Crippen LogP contribution in [0.1, 0.15) is 29.5 Å². The molecule has 1 aromatic heterocycles. The number of nitrogens with one attached hydrogen (secondary N) is 2. The van der Waals surface area contributed by atoms with Crippen LogP contribution in [0.2, 0.25) is 0 Å². The highest BCUT2D eigenvalue weighted by atomic mass is 19.1. The molecule has 0 amide bonds. The van der Waals surface area contributed by atoms with Gasteiger partial charge in [0.15, 0.2) is 0 Å². The molecule has 198 valence electrons. The predicted octanol–water partition coefficient (Wildman–Crippen LogP) is 4.98. The van der Waals surface area contributed by atoms with Gasteiger partial charge < -0.3 is 15.0 Å². The second-order valence-corrected chi connectivity index (χ2v) is 11.0. The summed E-state index contributed by atoms with van der Waals surface area (Å²) in [6, 6.07) is 16.9. The Kier molecular flexibility index (Phi) is 5.80. The van der Waals surface area contributed by atoms with Crippen LogP contribution in [-0.4, -0.2) is 60.5 Å².